The van der Waals surface area contributed by atoms with Crippen molar-refractivity contribution in [1.82, 2.24) is 10.7 Å². The van der Waals surface area contributed by atoms with E-state index in [2.05, 4.69) is 10.3 Å². The average Bonchev–Trinajstić information content (AvgIpc) is 2.86. The standard InChI is InChI=1S/C10H8N3O3/c11-8(14)6-3-4-12-9(6)13-10(15)7-2-1-5-16-7/h1-5,11-12H,(H,13,15). The topological polar surface area (TPSA) is 98.9 Å². The molecule has 0 bridgehead atoms. The molecule has 2 amide bonds. The highest BCUT2D eigenvalue weighted by Gasteiger charge is 2.14. The summed E-state index contributed by atoms with van der Waals surface area (Å²) in [5.74, 6) is -1.01. The lowest BCUT2D eigenvalue weighted by Crippen LogP contribution is -2.14. The van der Waals surface area contributed by atoms with Gasteiger partial charge in [0.05, 0.1) is 11.8 Å². The summed E-state index contributed by atoms with van der Waals surface area (Å²) in [7, 11) is 0. The van der Waals surface area contributed by atoms with Crippen molar-refractivity contribution in [3.05, 3.63) is 42.0 Å². The Morgan fingerprint density at radius 2 is 2.19 bits per heavy atom. The van der Waals surface area contributed by atoms with Gasteiger partial charge in [0.1, 0.15) is 5.82 Å². The third kappa shape index (κ3) is 1.81. The summed E-state index contributed by atoms with van der Waals surface area (Å²) in [6.45, 7) is 0. The number of carbonyl (C=O) groups excluding carboxylic acids is 2. The predicted octanol–water partition coefficient (Wildman–Crippen LogP) is 1.28. The fourth-order valence-electron chi connectivity index (χ4n) is 1.24. The van der Waals surface area contributed by atoms with Crippen LogP contribution in [0.4, 0.5) is 5.82 Å². The number of H-pyrrole nitrogens is 1. The maximum Gasteiger partial charge on any atom is 0.292 e. The number of anilines is 1. The van der Waals surface area contributed by atoms with Gasteiger partial charge in [-0.25, -0.2) is 0 Å². The smallest absolute Gasteiger partial charge is 0.292 e. The number of nitrogens with one attached hydrogen (secondary N) is 3. The molecule has 0 aromatic carbocycles. The van der Waals surface area contributed by atoms with E-state index in [1.165, 1.54) is 24.6 Å². The Kier molecular flexibility index (Phi) is 2.47. The van der Waals surface area contributed by atoms with Crippen molar-refractivity contribution in [3.8, 4) is 0 Å². The Morgan fingerprint density at radius 3 is 2.81 bits per heavy atom. The quantitative estimate of drug-likeness (QED) is 0.811. The Bertz CT molecular complexity index is 513. The molecule has 1 radical (unpaired) electrons. The SMILES string of the molecule is [NH]C(=O)c1cc[nH]c1NC(=O)c1ccco1. The van der Waals surface area contributed by atoms with Crippen molar-refractivity contribution in [2.45, 2.75) is 0 Å². The highest BCUT2D eigenvalue weighted by atomic mass is 16.3. The van der Waals surface area contributed by atoms with Gasteiger partial charge in [-0.15, -0.1) is 0 Å². The normalized spacial score (nSPS) is 10.0. The first-order valence-corrected chi connectivity index (χ1v) is 4.46. The molecule has 2 aromatic rings. The van der Waals surface area contributed by atoms with Gasteiger partial charge in [0.25, 0.3) is 11.8 Å². The van der Waals surface area contributed by atoms with Crippen LogP contribution in [0.15, 0.2) is 35.1 Å². The Labute approximate surface area is 90.4 Å². The fraction of sp³-hybridized carbons (Fsp3) is 0. The molecule has 81 valence electrons. The van der Waals surface area contributed by atoms with Crippen molar-refractivity contribution in [2.75, 3.05) is 5.32 Å². The van der Waals surface area contributed by atoms with E-state index in [0.29, 0.717) is 0 Å². The second kappa shape index (κ2) is 3.93. The van der Waals surface area contributed by atoms with Crippen LogP contribution in [0, 0.1) is 0 Å². The Morgan fingerprint density at radius 1 is 1.38 bits per heavy atom. The van der Waals surface area contributed by atoms with Crippen LogP contribution < -0.4 is 11.1 Å². The minimum atomic E-state index is -0.865. The van der Waals surface area contributed by atoms with E-state index in [-0.39, 0.29) is 17.1 Å². The van der Waals surface area contributed by atoms with Crippen molar-refractivity contribution in [3.63, 3.8) is 0 Å². The van der Waals surface area contributed by atoms with Gasteiger partial charge < -0.3 is 14.7 Å². The van der Waals surface area contributed by atoms with E-state index >= 15 is 0 Å². The van der Waals surface area contributed by atoms with Gasteiger partial charge >= 0.3 is 0 Å². The predicted molar refractivity (Wildman–Crippen MR) is 54.9 cm³/mol. The molecule has 0 spiro atoms. The lowest BCUT2D eigenvalue weighted by atomic mass is 10.3. The van der Waals surface area contributed by atoms with E-state index in [9.17, 15) is 9.59 Å². The molecule has 3 N–H and O–H groups in total. The highest BCUT2D eigenvalue weighted by molar-refractivity contribution is 6.06. The molecule has 0 fully saturated rings. The van der Waals surface area contributed by atoms with Crippen LogP contribution in [0.2, 0.25) is 0 Å². The maximum absolute atomic E-state index is 11.6. The number of hydrogen-bond acceptors (Lipinski definition) is 3. The molecule has 0 unspecified atom stereocenters. The minimum absolute atomic E-state index is 0.111. The number of hydrogen-bond donors (Lipinski definition) is 2. The van der Waals surface area contributed by atoms with Gasteiger partial charge in [-0.3, -0.25) is 15.3 Å². The van der Waals surface area contributed by atoms with Crippen LogP contribution in [0.25, 0.3) is 0 Å². The van der Waals surface area contributed by atoms with Crippen LogP contribution in [0.1, 0.15) is 20.9 Å². The lowest BCUT2D eigenvalue weighted by Gasteiger charge is -2.01. The first-order chi connectivity index (χ1) is 7.68. The summed E-state index contributed by atoms with van der Waals surface area (Å²) in [6, 6.07) is 4.51. The number of aromatic nitrogens is 1. The molecule has 0 aliphatic rings. The summed E-state index contributed by atoms with van der Waals surface area (Å²) in [5, 5.41) is 2.45. The first kappa shape index (κ1) is 10.0. The molecule has 2 aromatic heterocycles. The first-order valence-electron chi connectivity index (χ1n) is 4.46. The molecule has 6 heteroatoms. The van der Waals surface area contributed by atoms with E-state index in [0.717, 1.165) is 0 Å². The van der Waals surface area contributed by atoms with Crippen LogP contribution in [-0.4, -0.2) is 16.8 Å². The van der Waals surface area contributed by atoms with Crippen LogP contribution in [0.5, 0.6) is 0 Å². The molecular weight excluding hydrogens is 210 g/mol. The van der Waals surface area contributed by atoms with Crippen LogP contribution >= 0.6 is 0 Å². The number of amides is 2. The molecule has 2 rings (SSSR count). The van der Waals surface area contributed by atoms with E-state index < -0.39 is 11.8 Å². The van der Waals surface area contributed by atoms with Gasteiger partial charge in [-0.2, -0.15) is 0 Å². The average molecular weight is 218 g/mol. The largest absolute Gasteiger partial charge is 0.459 e. The van der Waals surface area contributed by atoms with Gasteiger partial charge in [0.15, 0.2) is 5.76 Å². The van der Waals surface area contributed by atoms with Crippen molar-refractivity contribution in [1.29, 1.82) is 0 Å². The number of carbonyl (C=O) groups is 2. The second-order valence-electron chi connectivity index (χ2n) is 3.03. The van der Waals surface area contributed by atoms with Gasteiger partial charge in [-0.1, -0.05) is 0 Å². The number of rotatable bonds is 3. The third-order valence-electron chi connectivity index (χ3n) is 1.98. The molecule has 0 aliphatic heterocycles. The monoisotopic (exact) mass is 218 g/mol. The van der Waals surface area contributed by atoms with Crippen molar-refractivity contribution >= 4 is 17.6 Å². The van der Waals surface area contributed by atoms with Crippen LogP contribution in [0.3, 0.4) is 0 Å². The van der Waals surface area contributed by atoms with E-state index in [4.69, 9.17) is 10.2 Å². The fourth-order valence-corrected chi connectivity index (χ4v) is 1.24. The van der Waals surface area contributed by atoms with E-state index in [1.807, 2.05) is 0 Å². The summed E-state index contributed by atoms with van der Waals surface area (Å²) < 4.78 is 4.89. The zero-order valence-electron chi connectivity index (χ0n) is 8.11. The Balaban J connectivity index is 2.18. The van der Waals surface area contributed by atoms with Crippen molar-refractivity contribution in [2.24, 2.45) is 0 Å². The molecule has 2 heterocycles. The summed E-state index contributed by atoms with van der Waals surface area (Å²) in [6.07, 6.45) is 2.85. The Hall–Kier alpha value is -2.50. The molecule has 0 aliphatic carbocycles. The summed E-state index contributed by atoms with van der Waals surface area (Å²) in [5.41, 5.74) is 7.07. The van der Waals surface area contributed by atoms with Crippen molar-refractivity contribution < 1.29 is 14.0 Å². The van der Waals surface area contributed by atoms with E-state index in [1.54, 1.807) is 6.07 Å². The van der Waals surface area contributed by atoms with Crippen LogP contribution in [-0.2, 0) is 0 Å². The zero-order valence-corrected chi connectivity index (χ0v) is 8.11. The molecule has 0 atom stereocenters. The highest BCUT2D eigenvalue weighted by Crippen LogP contribution is 2.13. The summed E-state index contributed by atoms with van der Waals surface area (Å²) in [4.78, 5) is 25.1. The third-order valence-corrected chi connectivity index (χ3v) is 1.98. The molecule has 0 saturated heterocycles. The lowest BCUT2D eigenvalue weighted by molar-refractivity contribution is 0.0993. The molecule has 0 saturated carbocycles. The number of furan rings is 1. The second-order valence-corrected chi connectivity index (χ2v) is 3.03. The minimum Gasteiger partial charge on any atom is -0.459 e. The zero-order chi connectivity index (χ0) is 11.5. The van der Waals surface area contributed by atoms with Gasteiger partial charge in [0.2, 0.25) is 0 Å². The number of aromatic amines is 1. The molecule has 16 heavy (non-hydrogen) atoms. The van der Waals surface area contributed by atoms with Gasteiger partial charge in [0, 0.05) is 6.20 Å². The molecule has 6 nitrogen and oxygen atoms in total. The molecular formula is C10H8N3O3. The van der Waals surface area contributed by atoms with Gasteiger partial charge in [-0.05, 0) is 18.2 Å². The maximum atomic E-state index is 11.6. The summed E-state index contributed by atoms with van der Waals surface area (Å²) >= 11 is 0.